The second-order valence-corrected chi connectivity index (χ2v) is 6.62. The fraction of sp³-hybridized carbons (Fsp3) is 0.167. The van der Waals surface area contributed by atoms with Crippen molar-refractivity contribution in [3.05, 3.63) is 52.5 Å². The zero-order valence-corrected chi connectivity index (χ0v) is 14.7. The van der Waals surface area contributed by atoms with Crippen LogP contribution in [0.15, 0.2) is 46.3 Å². The van der Waals surface area contributed by atoms with Gasteiger partial charge in [0.1, 0.15) is 0 Å². The summed E-state index contributed by atoms with van der Waals surface area (Å²) in [5.74, 6) is 0.901. The van der Waals surface area contributed by atoms with Crippen LogP contribution in [0.5, 0.6) is 0 Å². The molecule has 0 atom stereocenters. The fourth-order valence-electron chi connectivity index (χ4n) is 2.13. The van der Waals surface area contributed by atoms with E-state index in [0.717, 1.165) is 10.4 Å². The highest BCUT2D eigenvalue weighted by atomic mass is 32.1. The highest BCUT2D eigenvalue weighted by Gasteiger charge is 2.09. The minimum atomic E-state index is -0.250. The molecule has 3 rings (SSSR count). The van der Waals surface area contributed by atoms with Gasteiger partial charge in [-0.15, -0.1) is 11.3 Å². The van der Waals surface area contributed by atoms with Crippen molar-refractivity contribution in [1.82, 2.24) is 15.5 Å². The number of rotatable bonds is 5. The first-order valence-electron chi connectivity index (χ1n) is 7.83. The van der Waals surface area contributed by atoms with E-state index in [1.807, 2.05) is 49.6 Å². The normalized spacial score (nSPS) is 11.2. The quantitative estimate of drug-likeness (QED) is 0.707. The Hall–Kier alpha value is -2.93. The van der Waals surface area contributed by atoms with Crippen LogP contribution in [0.3, 0.4) is 0 Å². The van der Waals surface area contributed by atoms with Gasteiger partial charge in [0.25, 0.3) is 5.89 Å². The number of anilines is 1. The van der Waals surface area contributed by atoms with Crippen molar-refractivity contribution >= 4 is 35.2 Å². The van der Waals surface area contributed by atoms with Gasteiger partial charge < -0.3 is 15.2 Å². The molecule has 0 radical (unpaired) electrons. The van der Waals surface area contributed by atoms with Crippen molar-refractivity contribution in [3.63, 3.8) is 0 Å². The molecule has 2 heterocycles. The van der Waals surface area contributed by atoms with E-state index in [0.29, 0.717) is 17.4 Å². The largest absolute Gasteiger partial charge is 0.336 e. The fourth-order valence-corrected chi connectivity index (χ4v) is 2.74. The molecule has 0 saturated carbocycles. The summed E-state index contributed by atoms with van der Waals surface area (Å²) in [6.45, 7) is 3.81. The van der Waals surface area contributed by atoms with Gasteiger partial charge in [-0.3, -0.25) is 0 Å². The highest BCUT2D eigenvalue weighted by molar-refractivity contribution is 7.10. The summed E-state index contributed by atoms with van der Waals surface area (Å²) in [6.07, 6.45) is 3.71. The van der Waals surface area contributed by atoms with Crippen molar-refractivity contribution < 1.29 is 9.32 Å². The first-order valence-corrected chi connectivity index (χ1v) is 8.71. The number of urea groups is 1. The molecule has 0 aliphatic heterocycles. The number of aromatic nitrogens is 2. The monoisotopic (exact) mass is 354 g/mol. The average molecular weight is 354 g/mol. The zero-order chi connectivity index (χ0) is 17.6. The summed E-state index contributed by atoms with van der Waals surface area (Å²) < 4.78 is 5.25. The third-order valence-electron chi connectivity index (χ3n) is 3.17. The van der Waals surface area contributed by atoms with Gasteiger partial charge in [0, 0.05) is 28.2 Å². The number of benzene rings is 1. The lowest BCUT2D eigenvalue weighted by molar-refractivity contribution is 0.250. The third kappa shape index (κ3) is 4.77. The number of carbonyl (C=O) groups excluding carboxylic acids is 1. The van der Waals surface area contributed by atoms with E-state index in [1.54, 1.807) is 29.5 Å². The second kappa shape index (κ2) is 7.76. The summed E-state index contributed by atoms with van der Waals surface area (Å²) in [5, 5.41) is 11.6. The van der Waals surface area contributed by atoms with Crippen molar-refractivity contribution in [2.75, 3.05) is 5.32 Å². The molecule has 3 aromatic rings. The van der Waals surface area contributed by atoms with E-state index in [2.05, 4.69) is 20.8 Å². The van der Waals surface area contributed by atoms with E-state index in [4.69, 9.17) is 4.52 Å². The Labute approximate surface area is 149 Å². The number of amides is 2. The van der Waals surface area contributed by atoms with Crippen LogP contribution in [-0.4, -0.2) is 22.2 Å². The molecule has 0 fully saturated rings. The third-order valence-corrected chi connectivity index (χ3v) is 4.01. The molecule has 2 aromatic heterocycles. The standard InChI is InChI=1S/C18H18N4O2S/c1-12(2)19-18(23)20-14-6-3-5-13(11-14)17-21-16(24-22-17)9-8-15-7-4-10-25-15/h3-12H,1-2H3,(H2,19,20,23). The van der Waals surface area contributed by atoms with Crippen LogP contribution < -0.4 is 10.6 Å². The maximum absolute atomic E-state index is 11.8. The zero-order valence-electron chi connectivity index (χ0n) is 13.9. The summed E-state index contributed by atoms with van der Waals surface area (Å²) in [6, 6.07) is 11.1. The van der Waals surface area contributed by atoms with Crippen LogP contribution in [0.25, 0.3) is 23.5 Å². The maximum Gasteiger partial charge on any atom is 0.319 e. The minimum Gasteiger partial charge on any atom is -0.336 e. The van der Waals surface area contributed by atoms with Crippen molar-refractivity contribution in [1.29, 1.82) is 0 Å². The summed E-state index contributed by atoms with van der Waals surface area (Å²) in [5.41, 5.74) is 1.43. The van der Waals surface area contributed by atoms with E-state index < -0.39 is 0 Å². The number of hydrogen-bond acceptors (Lipinski definition) is 5. The maximum atomic E-state index is 11.8. The average Bonchev–Trinajstić information content (AvgIpc) is 3.24. The number of nitrogens with one attached hydrogen (secondary N) is 2. The number of hydrogen-bond donors (Lipinski definition) is 2. The molecule has 0 spiro atoms. The van der Waals surface area contributed by atoms with Crippen LogP contribution in [-0.2, 0) is 0 Å². The van der Waals surface area contributed by atoms with E-state index in [1.165, 1.54) is 0 Å². The predicted molar refractivity (Wildman–Crippen MR) is 100 cm³/mol. The van der Waals surface area contributed by atoms with Gasteiger partial charge in [-0.25, -0.2) is 4.79 Å². The second-order valence-electron chi connectivity index (χ2n) is 5.64. The Balaban J connectivity index is 1.72. The molecule has 128 valence electrons. The molecule has 0 bridgehead atoms. The highest BCUT2D eigenvalue weighted by Crippen LogP contribution is 2.21. The molecule has 0 aliphatic rings. The van der Waals surface area contributed by atoms with Gasteiger partial charge in [0.05, 0.1) is 0 Å². The molecular weight excluding hydrogens is 336 g/mol. The van der Waals surface area contributed by atoms with Crippen molar-refractivity contribution in [2.45, 2.75) is 19.9 Å². The van der Waals surface area contributed by atoms with Crippen molar-refractivity contribution in [2.24, 2.45) is 0 Å². The Kier molecular flexibility index (Phi) is 5.25. The van der Waals surface area contributed by atoms with Gasteiger partial charge in [0.15, 0.2) is 0 Å². The number of thiophene rings is 1. The van der Waals surface area contributed by atoms with Gasteiger partial charge >= 0.3 is 6.03 Å². The van der Waals surface area contributed by atoms with Gasteiger partial charge in [0.2, 0.25) is 5.82 Å². The lowest BCUT2D eigenvalue weighted by Gasteiger charge is -2.10. The Bertz CT molecular complexity index is 869. The smallest absolute Gasteiger partial charge is 0.319 e. The number of nitrogens with zero attached hydrogens (tertiary/aromatic N) is 2. The molecule has 2 amide bonds. The molecule has 0 aliphatic carbocycles. The lowest BCUT2D eigenvalue weighted by atomic mass is 10.2. The first kappa shape index (κ1) is 16.9. The van der Waals surface area contributed by atoms with E-state index >= 15 is 0 Å². The SMILES string of the molecule is CC(C)NC(=O)Nc1cccc(-c2noc(C=Cc3cccs3)n2)c1. The Morgan fingerprint density at radius 3 is 2.88 bits per heavy atom. The van der Waals surface area contributed by atoms with Gasteiger partial charge in [-0.05, 0) is 43.5 Å². The van der Waals surface area contributed by atoms with Crippen LogP contribution in [0.1, 0.15) is 24.6 Å². The Morgan fingerprint density at radius 2 is 2.12 bits per heavy atom. The first-order chi connectivity index (χ1) is 12.1. The van der Waals surface area contributed by atoms with Crippen LogP contribution >= 0.6 is 11.3 Å². The topological polar surface area (TPSA) is 80.0 Å². The van der Waals surface area contributed by atoms with Crippen LogP contribution in [0, 0.1) is 0 Å². The molecule has 0 unspecified atom stereocenters. The predicted octanol–water partition coefficient (Wildman–Crippen LogP) is 4.50. The van der Waals surface area contributed by atoms with Crippen LogP contribution in [0.4, 0.5) is 10.5 Å². The Morgan fingerprint density at radius 1 is 1.24 bits per heavy atom. The molecular formula is C18H18N4O2S. The molecule has 1 aromatic carbocycles. The van der Waals surface area contributed by atoms with Crippen molar-refractivity contribution in [3.8, 4) is 11.4 Å². The molecule has 0 saturated heterocycles. The van der Waals surface area contributed by atoms with E-state index in [9.17, 15) is 4.79 Å². The van der Waals surface area contributed by atoms with Crippen LogP contribution in [0.2, 0.25) is 0 Å². The van der Waals surface area contributed by atoms with Gasteiger partial charge in [-0.1, -0.05) is 23.4 Å². The minimum absolute atomic E-state index is 0.0677. The molecule has 25 heavy (non-hydrogen) atoms. The summed E-state index contributed by atoms with van der Waals surface area (Å²) in [7, 11) is 0. The summed E-state index contributed by atoms with van der Waals surface area (Å²) in [4.78, 5) is 17.3. The van der Waals surface area contributed by atoms with Gasteiger partial charge in [-0.2, -0.15) is 4.98 Å². The molecule has 2 N–H and O–H groups in total. The lowest BCUT2D eigenvalue weighted by Crippen LogP contribution is -2.34. The molecule has 7 heteroatoms. The number of carbonyl (C=O) groups is 1. The summed E-state index contributed by atoms with van der Waals surface area (Å²) >= 11 is 1.63. The molecule has 6 nitrogen and oxygen atoms in total. The van der Waals surface area contributed by atoms with E-state index in [-0.39, 0.29) is 12.1 Å².